The first-order chi connectivity index (χ1) is 9.29. The molecule has 0 aromatic carbocycles. The van der Waals surface area contributed by atoms with Gasteiger partial charge in [-0.25, -0.2) is 0 Å². The van der Waals surface area contributed by atoms with Crippen molar-refractivity contribution >= 4 is 12.3 Å². The number of piperazine rings is 1. The van der Waals surface area contributed by atoms with Crippen LogP contribution in [0.25, 0.3) is 0 Å². The first-order valence-electron chi connectivity index (χ1n) is 7.50. The fraction of sp³-hybridized carbons (Fsp3) is 0.857. The molecule has 5 nitrogen and oxygen atoms in total. The molecule has 2 amide bonds. The summed E-state index contributed by atoms with van der Waals surface area (Å²) in [6.07, 6.45) is 7.96. The van der Waals surface area contributed by atoms with Crippen molar-refractivity contribution in [3.05, 3.63) is 0 Å². The van der Waals surface area contributed by atoms with E-state index in [1.807, 2.05) is 4.90 Å². The summed E-state index contributed by atoms with van der Waals surface area (Å²) in [5.74, 6) is 0.217. The number of amides is 2. The van der Waals surface area contributed by atoms with Crippen LogP contribution in [0.3, 0.4) is 0 Å². The van der Waals surface area contributed by atoms with Crippen LogP contribution < -0.4 is 5.32 Å². The van der Waals surface area contributed by atoms with Crippen molar-refractivity contribution in [2.24, 2.45) is 0 Å². The fourth-order valence-corrected chi connectivity index (χ4v) is 2.92. The van der Waals surface area contributed by atoms with Crippen LogP contribution in [0.4, 0.5) is 0 Å². The lowest BCUT2D eigenvalue weighted by Gasteiger charge is -2.32. The van der Waals surface area contributed by atoms with Crippen LogP contribution in [0.2, 0.25) is 0 Å². The molecule has 0 aromatic heterocycles. The zero-order valence-corrected chi connectivity index (χ0v) is 11.6. The summed E-state index contributed by atoms with van der Waals surface area (Å²) in [6.45, 7) is 3.50. The molecule has 108 valence electrons. The summed E-state index contributed by atoms with van der Waals surface area (Å²) in [6, 6.07) is 0.619. The van der Waals surface area contributed by atoms with Gasteiger partial charge in [0, 0.05) is 45.2 Å². The third-order valence-electron chi connectivity index (χ3n) is 4.19. The molecule has 0 atom stereocenters. The Hall–Kier alpha value is -1.10. The number of rotatable bonds is 5. The maximum Gasteiger partial charge on any atom is 0.223 e. The highest BCUT2D eigenvalue weighted by Crippen LogP contribution is 2.17. The molecule has 0 spiro atoms. The Morgan fingerprint density at radius 2 is 1.79 bits per heavy atom. The summed E-state index contributed by atoms with van der Waals surface area (Å²) in [5, 5.41) is 3.50. The minimum Gasteiger partial charge on any atom is -0.342 e. The quantitative estimate of drug-likeness (QED) is 0.742. The normalized spacial score (nSPS) is 21.5. The van der Waals surface area contributed by atoms with Gasteiger partial charge in [0.25, 0.3) is 0 Å². The number of hydrogen-bond donors (Lipinski definition) is 1. The van der Waals surface area contributed by atoms with Crippen LogP contribution in [0.5, 0.6) is 0 Å². The first kappa shape index (κ1) is 14.3. The second kappa shape index (κ2) is 7.48. The lowest BCUT2D eigenvalue weighted by atomic mass is 9.95. The SMILES string of the molecule is O=CN1CCN(C(=O)CCNC2CCCCC2)CC1. The molecule has 2 fully saturated rings. The van der Waals surface area contributed by atoms with Gasteiger partial charge in [-0.05, 0) is 12.8 Å². The molecule has 2 rings (SSSR count). The molecule has 0 aromatic rings. The van der Waals surface area contributed by atoms with E-state index in [1.54, 1.807) is 4.90 Å². The molecule has 1 heterocycles. The van der Waals surface area contributed by atoms with E-state index in [1.165, 1.54) is 32.1 Å². The van der Waals surface area contributed by atoms with E-state index in [9.17, 15) is 9.59 Å². The van der Waals surface area contributed by atoms with Gasteiger partial charge in [0.05, 0.1) is 0 Å². The molecule has 1 aliphatic carbocycles. The second-order valence-electron chi connectivity index (χ2n) is 5.56. The van der Waals surface area contributed by atoms with Crippen molar-refractivity contribution in [2.45, 2.75) is 44.6 Å². The van der Waals surface area contributed by atoms with Crippen LogP contribution in [-0.4, -0.2) is 60.9 Å². The first-order valence-corrected chi connectivity index (χ1v) is 7.50. The summed E-state index contributed by atoms with van der Waals surface area (Å²) in [7, 11) is 0. The molecule has 1 aliphatic heterocycles. The minimum atomic E-state index is 0.217. The Morgan fingerprint density at radius 3 is 2.42 bits per heavy atom. The topological polar surface area (TPSA) is 52.7 Å². The maximum absolute atomic E-state index is 12.0. The third kappa shape index (κ3) is 4.49. The fourth-order valence-electron chi connectivity index (χ4n) is 2.92. The molecular formula is C14H25N3O2. The van der Waals surface area contributed by atoms with Gasteiger partial charge < -0.3 is 15.1 Å². The smallest absolute Gasteiger partial charge is 0.223 e. The maximum atomic E-state index is 12.0. The van der Waals surface area contributed by atoms with Crippen LogP contribution in [0.15, 0.2) is 0 Å². The van der Waals surface area contributed by atoms with E-state index in [0.29, 0.717) is 38.6 Å². The predicted octanol–water partition coefficient (Wildman–Crippen LogP) is 0.599. The average Bonchev–Trinajstić information content (AvgIpc) is 2.48. The molecule has 0 unspecified atom stereocenters. The van der Waals surface area contributed by atoms with Gasteiger partial charge in [-0.15, -0.1) is 0 Å². The van der Waals surface area contributed by atoms with Crippen molar-refractivity contribution < 1.29 is 9.59 Å². The van der Waals surface area contributed by atoms with Crippen LogP contribution in [0, 0.1) is 0 Å². The summed E-state index contributed by atoms with van der Waals surface area (Å²) >= 11 is 0. The van der Waals surface area contributed by atoms with Crippen molar-refractivity contribution in [2.75, 3.05) is 32.7 Å². The summed E-state index contributed by atoms with van der Waals surface area (Å²) in [5.41, 5.74) is 0. The van der Waals surface area contributed by atoms with E-state index >= 15 is 0 Å². The molecule has 1 saturated carbocycles. The van der Waals surface area contributed by atoms with Gasteiger partial charge in [-0.3, -0.25) is 9.59 Å². The number of hydrogen-bond acceptors (Lipinski definition) is 3. The number of nitrogens with zero attached hydrogens (tertiary/aromatic N) is 2. The molecule has 1 saturated heterocycles. The highest BCUT2D eigenvalue weighted by Gasteiger charge is 2.20. The van der Waals surface area contributed by atoms with E-state index < -0.39 is 0 Å². The zero-order valence-electron chi connectivity index (χ0n) is 11.6. The molecule has 2 aliphatic rings. The van der Waals surface area contributed by atoms with Crippen molar-refractivity contribution in [1.82, 2.24) is 15.1 Å². The molecule has 0 radical (unpaired) electrons. The van der Waals surface area contributed by atoms with E-state index in [-0.39, 0.29) is 5.91 Å². The monoisotopic (exact) mass is 267 g/mol. The lowest BCUT2D eigenvalue weighted by molar-refractivity contribution is -0.135. The van der Waals surface area contributed by atoms with Crippen LogP contribution in [0.1, 0.15) is 38.5 Å². The van der Waals surface area contributed by atoms with Gasteiger partial charge in [0.1, 0.15) is 0 Å². The Bertz CT molecular complexity index is 295. The van der Waals surface area contributed by atoms with Crippen LogP contribution in [-0.2, 0) is 9.59 Å². The number of carbonyl (C=O) groups excluding carboxylic acids is 2. The summed E-state index contributed by atoms with van der Waals surface area (Å²) in [4.78, 5) is 26.2. The van der Waals surface area contributed by atoms with Crippen molar-refractivity contribution in [3.63, 3.8) is 0 Å². The predicted molar refractivity (Wildman–Crippen MR) is 73.7 cm³/mol. The number of carbonyl (C=O) groups is 2. The summed E-state index contributed by atoms with van der Waals surface area (Å²) < 4.78 is 0. The van der Waals surface area contributed by atoms with Gasteiger partial charge >= 0.3 is 0 Å². The molecule has 5 heteroatoms. The van der Waals surface area contributed by atoms with Gasteiger partial charge in [0.2, 0.25) is 12.3 Å². The Kier molecular flexibility index (Phi) is 5.63. The Morgan fingerprint density at radius 1 is 1.11 bits per heavy atom. The minimum absolute atomic E-state index is 0.217. The van der Waals surface area contributed by atoms with E-state index in [2.05, 4.69) is 5.32 Å². The van der Waals surface area contributed by atoms with E-state index in [0.717, 1.165) is 13.0 Å². The average molecular weight is 267 g/mol. The standard InChI is InChI=1S/C14H25N3O2/c18-12-16-8-10-17(11-9-16)14(19)6-7-15-13-4-2-1-3-5-13/h12-13,15H,1-11H2. The number of nitrogens with one attached hydrogen (secondary N) is 1. The highest BCUT2D eigenvalue weighted by atomic mass is 16.2. The Labute approximate surface area is 115 Å². The highest BCUT2D eigenvalue weighted by molar-refractivity contribution is 5.76. The largest absolute Gasteiger partial charge is 0.342 e. The third-order valence-corrected chi connectivity index (χ3v) is 4.19. The van der Waals surface area contributed by atoms with Gasteiger partial charge in [0.15, 0.2) is 0 Å². The zero-order chi connectivity index (χ0) is 13.5. The van der Waals surface area contributed by atoms with E-state index in [4.69, 9.17) is 0 Å². The van der Waals surface area contributed by atoms with Gasteiger partial charge in [-0.2, -0.15) is 0 Å². The molecular weight excluding hydrogens is 242 g/mol. The molecule has 1 N–H and O–H groups in total. The molecule has 0 bridgehead atoms. The van der Waals surface area contributed by atoms with Crippen molar-refractivity contribution in [1.29, 1.82) is 0 Å². The van der Waals surface area contributed by atoms with Crippen molar-refractivity contribution in [3.8, 4) is 0 Å². The van der Waals surface area contributed by atoms with Gasteiger partial charge in [-0.1, -0.05) is 19.3 Å². The second-order valence-corrected chi connectivity index (χ2v) is 5.56. The van der Waals surface area contributed by atoms with Crippen LogP contribution >= 0.6 is 0 Å². The Balaban J connectivity index is 1.60. The lowest BCUT2D eigenvalue weighted by Crippen LogP contribution is -2.48. The molecule has 19 heavy (non-hydrogen) atoms.